The van der Waals surface area contributed by atoms with Crippen molar-refractivity contribution < 1.29 is 19.6 Å². The zero-order valence-corrected chi connectivity index (χ0v) is 12.6. The minimum Gasteiger partial charge on any atom is -0.423 e. The van der Waals surface area contributed by atoms with Gasteiger partial charge in [0.1, 0.15) is 0 Å². The summed E-state index contributed by atoms with van der Waals surface area (Å²) in [6, 6.07) is 6.54. The number of amides is 1. The number of carbonyl (C=O) groups excluding carboxylic acids is 1. The van der Waals surface area contributed by atoms with Gasteiger partial charge >= 0.3 is 7.12 Å². The van der Waals surface area contributed by atoms with E-state index >= 15 is 0 Å². The van der Waals surface area contributed by atoms with Crippen molar-refractivity contribution in [2.24, 2.45) is 0 Å². The van der Waals surface area contributed by atoms with E-state index in [9.17, 15) is 14.9 Å². The van der Waals surface area contributed by atoms with E-state index in [0.29, 0.717) is 11.0 Å². The first-order valence-corrected chi connectivity index (χ1v) is 6.49. The van der Waals surface area contributed by atoms with Gasteiger partial charge in [-0.15, -0.1) is 0 Å². The van der Waals surface area contributed by atoms with Gasteiger partial charge < -0.3 is 20.1 Å². The van der Waals surface area contributed by atoms with E-state index in [1.807, 2.05) is 0 Å². The number of nitrogens with one attached hydrogen (secondary N) is 1. The van der Waals surface area contributed by atoms with Crippen LogP contribution in [0.15, 0.2) is 24.3 Å². The zero-order valence-electron chi connectivity index (χ0n) is 12.6. The first-order valence-electron chi connectivity index (χ1n) is 6.49. The fourth-order valence-corrected chi connectivity index (χ4v) is 1.47. The van der Waals surface area contributed by atoms with Gasteiger partial charge in [-0.25, -0.2) is 0 Å². The van der Waals surface area contributed by atoms with Crippen molar-refractivity contribution in [2.75, 3.05) is 7.05 Å². The number of hydrogen-bond donors (Lipinski definition) is 3. The second-order valence-corrected chi connectivity index (χ2v) is 5.74. The topological polar surface area (TPSA) is 78.8 Å². The van der Waals surface area contributed by atoms with Crippen LogP contribution in [0.4, 0.5) is 0 Å². The minimum absolute atomic E-state index is 0.235. The van der Waals surface area contributed by atoms with Gasteiger partial charge in [-0.3, -0.25) is 4.79 Å². The largest absolute Gasteiger partial charge is 0.491 e. The molecule has 0 aliphatic carbocycles. The molecule has 0 aliphatic rings. The lowest BCUT2D eigenvalue weighted by atomic mass is 9.76. The standard InChI is InChI=1S/C14H22BNO4/c1-13(2,18)14(3,4)20-15(19)11-8-6-7-10(9-11)12(17)16-5/h6-9,18-19H,1-5H3,(H,16,17). The van der Waals surface area contributed by atoms with E-state index in [1.165, 1.54) is 0 Å². The molecule has 1 aromatic rings. The van der Waals surface area contributed by atoms with Gasteiger partial charge in [0, 0.05) is 12.6 Å². The number of carbonyl (C=O) groups is 1. The lowest BCUT2D eigenvalue weighted by Crippen LogP contribution is -2.53. The average Bonchev–Trinajstić information content (AvgIpc) is 2.36. The normalized spacial score (nSPS) is 12.2. The number of rotatable bonds is 5. The molecule has 0 atom stereocenters. The monoisotopic (exact) mass is 279 g/mol. The Labute approximate surface area is 120 Å². The van der Waals surface area contributed by atoms with Crippen LogP contribution >= 0.6 is 0 Å². The van der Waals surface area contributed by atoms with Crippen LogP contribution in [0.3, 0.4) is 0 Å². The Bertz CT molecular complexity index is 482. The molecule has 0 radical (unpaired) electrons. The lowest BCUT2D eigenvalue weighted by Gasteiger charge is -2.38. The van der Waals surface area contributed by atoms with Gasteiger partial charge in [-0.2, -0.15) is 0 Å². The quantitative estimate of drug-likeness (QED) is 0.677. The van der Waals surface area contributed by atoms with Gasteiger partial charge in [0.2, 0.25) is 0 Å². The van der Waals surface area contributed by atoms with Gasteiger partial charge in [-0.05, 0) is 45.3 Å². The highest BCUT2D eigenvalue weighted by molar-refractivity contribution is 6.60. The molecule has 6 heteroatoms. The second kappa shape index (κ2) is 5.95. The molecule has 0 bridgehead atoms. The predicted octanol–water partition coefficient (Wildman–Crippen LogP) is 0.300. The molecule has 0 aromatic heterocycles. The van der Waals surface area contributed by atoms with Crippen molar-refractivity contribution in [3.63, 3.8) is 0 Å². The van der Waals surface area contributed by atoms with Crippen molar-refractivity contribution in [3.05, 3.63) is 29.8 Å². The summed E-state index contributed by atoms with van der Waals surface area (Å²) in [7, 11) is 0.320. The van der Waals surface area contributed by atoms with Crippen LogP contribution in [0.5, 0.6) is 0 Å². The Balaban J connectivity index is 2.93. The predicted molar refractivity (Wildman–Crippen MR) is 78.9 cm³/mol. The van der Waals surface area contributed by atoms with Crippen molar-refractivity contribution in [1.29, 1.82) is 0 Å². The molecule has 1 rings (SSSR count). The minimum atomic E-state index is -1.22. The summed E-state index contributed by atoms with van der Waals surface area (Å²) in [5.41, 5.74) is -1.17. The molecule has 0 saturated carbocycles. The van der Waals surface area contributed by atoms with Gasteiger partial charge in [0.15, 0.2) is 0 Å². The van der Waals surface area contributed by atoms with Crippen LogP contribution in [0.1, 0.15) is 38.1 Å². The van der Waals surface area contributed by atoms with E-state index in [4.69, 9.17) is 4.65 Å². The van der Waals surface area contributed by atoms with Crippen LogP contribution in [-0.2, 0) is 4.65 Å². The maximum atomic E-state index is 11.6. The summed E-state index contributed by atoms with van der Waals surface area (Å²) in [5.74, 6) is -0.235. The highest BCUT2D eigenvalue weighted by Gasteiger charge is 2.39. The Morgan fingerprint density at radius 3 is 2.40 bits per heavy atom. The first kappa shape index (κ1) is 16.7. The third kappa shape index (κ3) is 3.82. The van der Waals surface area contributed by atoms with Crippen LogP contribution in [0, 0.1) is 0 Å². The van der Waals surface area contributed by atoms with E-state index in [0.717, 1.165) is 0 Å². The van der Waals surface area contributed by atoms with E-state index in [-0.39, 0.29) is 5.91 Å². The Kier molecular flexibility index (Phi) is 4.97. The fourth-order valence-electron chi connectivity index (χ4n) is 1.47. The molecule has 20 heavy (non-hydrogen) atoms. The molecule has 0 unspecified atom stereocenters. The number of benzene rings is 1. The first-order chi connectivity index (χ1) is 9.08. The summed E-state index contributed by atoms with van der Waals surface area (Å²) < 4.78 is 5.53. The Morgan fingerprint density at radius 2 is 1.90 bits per heavy atom. The second-order valence-electron chi connectivity index (χ2n) is 5.74. The van der Waals surface area contributed by atoms with Gasteiger partial charge in [0.25, 0.3) is 5.91 Å². The SMILES string of the molecule is CNC(=O)c1cccc(B(O)OC(C)(C)C(C)(C)O)c1. The molecular weight excluding hydrogens is 257 g/mol. The molecular formula is C14H22BNO4. The summed E-state index contributed by atoms with van der Waals surface area (Å²) >= 11 is 0. The van der Waals surface area contributed by atoms with Crippen molar-refractivity contribution in [2.45, 2.75) is 38.9 Å². The van der Waals surface area contributed by atoms with Crippen LogP contribution in [0.2, 0.25) is 0 Å². The van der Waals surface area contributed by atoms with Crippen molar-refractivity contribution in [1.82, 2.24) is 5.32 Å². The fraction of sp³-hybridized carbons (Fsp3) is 0.500. The van der Waals surface area contributed by atoms with Crippen molar-refractivity contribution >= 4 is 18.5 Å². The summed E-state index contributed by atoms with van der Waals surface area (Å²) in [6.07, 6.45) is 0. The molecule has 3 N–H and O–H groups in total. The van der Waals surface area contributed by atoms with E-state index < -0.39 is 18.3 Å². The zero-order chi connectivity index (χ0) is 15.6. The molecule has 0 spiro atoms. The maximum Gasteiger partial charge on any atom is 0.491 e. The molecule has 1 amide bonds. The van der Waals surface area contributed by atoms with Crippen molar-refractivity contribution in [3.8, 4) is 0 Å². The highest BCUT2D eigenvalue weighted by Crippen LogP contribution is 2.25. The average molecular weight is 279 g/mol. The van der Waals surface area contributed by atoms with E-state index in [2.05, 4.69) is 5.32 Å². The third-order valence-corrected chi connectivity index (χ3v) is 3.54. The third-order valence-electron chi connectivity index (χ3n) is 3.54. The Morgan fingerprint density at radius 1 is 1.30 bits per heavy atom. The number of aliphatic hydroxyl groups is 1. The highest BCUT2D eigenvalue weighted by atomic mass is 16.5. The van der Waals surface area contributed by atoms with Gasteiger partial charge in [-0.1, -0.05) is 12.1 Å². The van der Waals surface area contributed by atoms with Crippen LogP contribution < -0.4 is 10.8 Å². The Hall–Kier alpha value is -1.37. The molecule has 1 aromatic carbocycles. The summed E-state index contributed by atoms with van der Waals surface area (Å²) in [6.45, 7) is 6.61. The molecule has 110 valence electrons. The number of hydrogen-bond acceptors (Lipinski definition) is 4. The smallest absolute Gasteiger partial charge is 0.423 e. The lowest BCUT2D eigenvalue weighted by molar-refractivity contribution is -0.0982. The maximum absolute atomic E-state index is 11.6. The molecule has 0 heterocycles. The molecule has 5 nitrogen and oxygen atoms in total. The summed E-state index contributed by atoms with van der Waals surface area (Å²) in [5, 5.41) is 22.7. The molecule has 0 aliphatic heterocycles. The van der Waals surface area contributed by atoms with Crippen LogP contribution in [0.25, 0.3) is 0 Å². The molecule has 0 saturated heterocycles. The van der Waals surface area contributed by atoms with Crippen LogP contribution in [-0.4, -0.2) is 41.4 Å². The van der Waals surface area contributed by atoms with Gasteiger partial charge in [0.05, 0.1) is 11.2 Å². The molecule has 0 fully saturated rings. The summed E-state index contributed by atoms with van der Waals surface area (Å²) in [4.78, 5) is 11.6. The van der Waals surface area contributed by atoms with E-state index in [1.54, 1.807) is 59.0 Å².